The molecule has 0 heterocycles. The minimum Gasteiger partial charge on any atom is -0.399 e. The maximum atomic E-state index is 13.7. The van der Waals surface area contributed by atoms with Crippen molar-refractivity contribution in [1.29, 1.82) is 0 Å². The summed E-state index contributed by atoms with van der Waals surface area (Å²) in [4.78, 5) is -0.831. The van der Waals surface area contributed by atoms with Crippen molar-refractivity contribution in [3.63, 3.8) is 0 Å². The first-order valence-electron chi connectivity index (χ1n) is 5.74. The summed E-state index contributed by atoms with van der Waals surface area (Å²) >= 11 is 3.25. The van der Waals surface area contributed by atoms with Crippen LogP contribution in [0.4, 0.5) is 20.2 Å². The van der Waals surface area contributed by atoms with Crippen LogP contribution >= 0.6 is 15.9 Å². The van der Waals surface area contributed by atoms with Crippen molar-refractivity contribution in [3.05, 3.63) is 52.0 Å². The average Bonchev–Trinajstić information content (AvgIpc) is 2.37. The molecule has 21 heavy (non-hydrogen) atoms. The molecule has 0 saturated carbocycles. The van der Waals surface area contributed by atoms with E-state index < -0.39 is 26.6 Å². The lowest BCUT2D eigenvalue weighted by atomic mass is 10.2. The van der Waals surface area contributed by atoms with Crippen molar-refractivity contribution >= 4 is 37.3 Å². The number of anilines is 2. The monoisotopic (exact) mass is 376 g/mol. The van der Waals surface area contributed by atoms with Gasteiger partial charge in [-0.2, -0.15) is 0 Å². The highest BCUT2D eigenvalue weighted by molar-refractivity contribution is 9.10. The molecule has 2 aromatic rings. The summed E-state index contributed by atoms with van der Waals surface area (Å²) in [5, 5.41) is 0. The third-order valence-corrected chi connectivity index (χ3v) is 4.60. The Hall–Kier alpha value is -1.67. The number of hydrogen-bond acceptors (Lipinski definition) is 3. The Morgan fingerprint density at radius 2 is 1.86 bits per heavy atom. The minimum atomic E-state index is -4.28. The molecule has 0 aliphatic heterocycles. The number of nitrogens with two attached hydrogens (primary N) is 1. The Morgan fingerprint density at radius 1 is 1.19 bits per heavy atom. The molecule has 3 N–H and O–H groups in total. The lowest BCUT2D eigenvalue weighted by molar-refractivity contribution is 0.486. The summed E-state index contributed by atoms with van der Waals surface area (Å²) in [7, 11) is -4.28. The fraction of sp³-hybridized carbons (Fsp3) is 0.0769. The molecule has 112 valence electrons. The highest BCUT2D eigenvalue weighted by Crippen LogP contribution is 2.26. The van der Waals surface area contributed by atoms with Gasteiger partial charge in [-0.15, -0.1) is 0 Å². The van der Waals surface area contributed by atoms with Crippen molar-refractivity contribution < 1.29 is 17.2 Å². The Kier molecular flexibility index (Phi) is 4.20. The van der Waals surface area contributed by atoms with E-state index in [2.05, 4.69) is 20.7 Å². The van der Waals surface area contributed by atoms with Crippen LogP contribution in [0.2, 0.25) is 0 Å². The standard InChI is InChI=1S/C13H11BrF2N2O2S/c1-7-4-8(14)2-3-11(7)18-21(19,20)12-6-9(17)5-10(15)13(12)16/h2-6,18H,17H2,1H3. The summed E-state index contributed by atoms with van der Waals surface area (Å²) in [6.07, 6.45) is 0. The Balaban J connectivity index is 2.48. The molecule has 0 radical (unpaired) electrons. The molecule has 0 aliphatic rings. The molecule has 2 aromatic carbocycles. The van der Waals surface area contributed by atoms with Crippen LogP contribution in [0.3, 0.4) is 0 Å². The molecule has 0 aliphatic carbocycles. The first-order valence-corrected chi connectivity index (χ1v) is 8.02. The van der Waals surface area contributed by atoms with Crippen molar-refractivity contribution in [2.75, 3.05) is 10.5 Å². The van der Waals surface area contributed by atoms with Crippen molar-refractivity contribution in [1.82, 2.24) is 0 Å². The molecule has 0 saturated heterocycles. The van der Waals surface area contributed by atoms with E-state index in [1.165, 1.54) is 6.07 Å². The van der Waals surface area contributed by atoms with E-state index >= 15 is 0 Å². The highest BCUT2D eigenvalue weighted by Gasteiger charge is 2.23. The number of benzene rings is 2. The van der Waals surface area contributed by atoms with Gasteiger partial charge in [0.15, 0.2) is 11.6 Å². The van der Waals surface area contributed by atoms with Gasteiger partial charge in [0.05, 0.1) is 5.69 Å². The smallest absolute Gasteiger partial charge is 0.265 e. The lowest BCUT2D eigenvalue weighted by Gasteiger charge is -2.12. The van der Waals surface area contributed by atoms with Gasteiger partial charge in [0.1, 0.15) is 4.90 Å². The van der Waals surface area contributed by atoms with Gasteiger partial charge < -0.3 is 5.73 Å². The first-order chi connectivity index (χ1) is 9.70. The molecule has 0 amide bonds. The van der Waals surface area contributed by atoms with Gasteiger partial charge >= 0.3 is 0 Å². The number of sulfonamides is 1. The van der Waals surface area contributed by atoms with Gasteiger partial charge in [-0.1, -0.05) is 15.9 Å². The largest absolute Gasteiger partial charge is 0.399 e. The lowest BCUT2D eigenvalue weighted by Crippen LogP contribution is -2.16. The first kappa shape index (κ1) is 15.7. The number of nitrogens with one attached hydrogen (secondary N) is 1. The van der Waals surface area contributed by atoms with Gasteiger partial charge in [-0.3, -0.25) is 4.72 Å². The van der Waals surface area contributed by atoms with Gasteiger partial charge in [-0.25, -0.2) is 17.2 Å². The number of aryl methyl sites for hydroxylation is 1. The molecular weight excluding hydrogens is 366 g/mol. The fourth-order valence-corrected chi connectivity index (χ4v) is 3.45. The van der Waals surface area contributed by atoms with Crippen LogP contribution in [0.15, 0.2) is 39.7 Å². The topological polar surface area (TPSA) is 72.2 Å². The highest BCUT2D eigenvalue weighted by atomic mass is 79.9. The summed E-state index contributed by atoms with van der Waals surface area (Å²) in [6.45, 7) is 1.68. The van der Waals surface area contributed by atoms with Crippen LogP contribution in [-0.2, 0) is 10.0 Å². The zero-order valence-electron chi connectivity index (χ0n) is 10.8. The molecular formula is C13H11BrF2N2O2S. The number of rotatable bonds is 3. The normalized spacial score (nSPS) is 11.4. The van der Waals surface area contributed by atoms with E-state index in [4.69, 9.17) is 5.73 Å². The van der Waals surface area contributed by atoms with E-state index in [0.717, 1.165) is 16.6 Å². The number of halogens is 3. The second-order valence-corrected chi connectivity index (χ2v) is 6.95. The molecule has 0 spiro atoms. The maximum Gasteiger partial charge on any atom is 0.265 e. The van der Waals surface area contributed by atoms with Crippen LogP contribution in [0.5, 0.6) is 0 Å². The van der Waals surface area contributed by atoms with Gasteiger partial charge in [0.25, 0.3) is 10.0 Å². The van der Waals surface area contributed by atoms with Gasteiger partial charge in [-0.05, 0) is 42.8 Å². The van der Waals surface area contributed by atoms with E-state index in [1.807, 2.05) is 0 Å². The number of hydrogen-bond donors (Lipinski definition) is 2. The third-order valence-electron chi connectivity index (χ3n) is 2.74. The van der Waals surface area contributed by atoms with Crippen molar-refractivity contribution in [3.8, 4) is 0 Å². The molecule has 4 nitrogen and oxygen atoms in total. The Bertz CT molecular complexity index is 810. The van der Waals surface area contributed by atoms with Crippen LogP contribution in [-0.4, -0.2) is 8.42 Å². The van der Waals surface area contributed by atoms with Crippen molar-refractivity contribution in [2.45, 2.75) is 11.8 Å². The Morgan fingerprint density at radius 3 is 2.48 bits per heavy atom. The van der Waals surface area contributed by atoms with E-state index in [-0.39, 0.29) is 11.4 Å². The molecule has 0 unspecified atom stereocenters. The fourth-order valence-electron chi connectivity index (χ4n) is 1.72. The predicted octanol–water partition coefficient (Wildman–Crippen LogP) is 3.42. The zero-order valence-corrected chi connectivity index (χ0v) is 13.2. The average molecular weight is 377 g/mol. The molecule has 0 fully saturated rings. The summed E-state index contributed by atoms with van der Waals surface area (Å²) < 4.78 is 54.3. The van der Waals surface area contributed by atoms with Crippen LogP contribution in [0.25, 0.3) is 0 Å². The van der Waals surface area contributed by atoms with Crippen LogP contribution in [0.1, 0.15) is 5.56 Å². The summed E-state index contributed by atoms with van der Waals surface area (Å²) in [6, 6.07) is 6.42. The van der Waals surface area contributed by atoms with Gasteiger partial charge in [0, 0.05) is 10.2 Å². The molecule has 0 aromatic heterocycles. The SMILES string of the molecule is Cc1cc(Br)ccc1NS(=O)(=O)c1cc(N)cc(F)c1F. The predicted molar refractivity (Wildman–Crippen MR) is 80.5 cm³/mol. The number of nitrogen functional groups attached to an aromatic ring is 1. The zero-order chi connectivity index (χ0) is 15.8. The minimum absolute atomic E-state index is 0.179. The van der Waals surface area contributed by atoms with Crippen LogP contribution in [0, 0.1) is 18.6 Å². The third kappa shape index (κ3) is 3.33. The van der Waals surface area contributed by atoms with Crippen LogP contribution < -0.4 is 10.5 Å². The van der Waals surface area contributed by atoms with E-state index in [1.54, 1.807) is 19.1 Å². The maximum absolute atomic E-state index is 13.7. The summed E-state index contributed by atoms with van der Waals surface area (Å²) in [5.41, 5.74) is 6.07. The van der Waals surface area contributed by atoms with Gasteiger partial charge in [0.2, 0.25) is 0 Å². The van der Waals surface area contributed by atoms with Crippen molar-refractivity contribution in [2.24, 2.45) is 0 Å². The molecule has 0 atom stereocenters. The van der Waals surface area contributed by atoms with E-state index in [0.29, 0.717) is 5.56 Å². The quantitative estimate of drug-likeness (QED) is 0.806. The second-order valence-electron chi connectivity index (χ2n) is 4.38. The summed E-state index contributed by atoms with van der Waals surface area (Å²) in [5.74, 6) is -2.78. The molecule has 0 bridgehead atoms. The van der Waals surface area contributed by atoms with E-state index in [9.17, 15) is 17.2 Å². The Labute approximate surface area is 129 Å². The molecule has 8 heteroatoms. The molecule has 2 rings (SSSR count). The second kappa shape index (κ2) is 5.61.